The molecule has 50 heavy (non-hydrogen) atoms. The Morgan fingerprint density at radius 3 is 1.62 bits per heavy atom. The van der Waals surface area contributed by atoms with E-state index in [1.807, 2.05) is 75.8 Å². The van der Waals surface area contributed by atoms with Gasteiger partial charge in [0.05, 0.1) is 27.7 Å². The predicted molar refractivity (Wildman–Crippen MR) is 205 cm³/mol. The van der Waals surface area contributed by atoms with Crippen LogP contribution in [0.15, 0.2) is 85.1 Å². The zero-order chi connectivity index (χ0) is 37.2. The minimum absolute atomic E-state index is 0.0154. The summed E-state index contributed by atoms with van der Waals surface area (Å²) in [5.74, 6) is -0.883. The molecule has 10 heteroatoms. The van der Waals surface area contributed by atoms with Crippen LogP contribution in [0, 0.1) is 0 Å². The molecule has 0 aliphatic rings. The minimum atomic E-state index is -4.39. The minimum Gasteiger partial charge on any atom is -0.462 e. The molecule has 0 aliphatic heterocycles. The van der Waals surface area contributed by atoms with Gasteiger partial charge in [0, 0.05) is 12.8 Å². The third-order valence-corrected chi connectivity index (χ3v) is 8.06. The van der Waals surface area contributed by atoms with Crippen molar-refractivity contribution >= 4 is 19.8 Å². The van der Waals surface area contributed by atoms with E-state index < -0.39 is 32.5 Å². The van der Waals surface area contributed by atoms with Gasteiger partial charge in [-0.1, -0.05) is 125 Å². The standard InChI is InChI=1S/C40H66NO8P/c1-6-8-10-12-14-16-18-20-22-24-26-28-30-32-39(42)46-36-38(37-48-50(44,45)47-35-34-41(3,4)5)49-40(43)33-31-29-27-25-23-21-19-17-15-13-11-9-7-2/h8-20,22,38H,6-7,21,23-37H2,1-5H3/p+1/b10-8+,11-9+,14-12+,15-13+,18-16+,19-17+,22-20+. The van der Waals surface area contributed by atoms with Crippen LogP contribution in [0.5, 0.6) is 0 Å². The second-order valence-electron chi connectivity index (χ2n) is 13.0. The van der Waals surface area contributed by atoms with Gasteiger partial charge in [0.1, 0.15) is 19.8 Å². The van der Waals surface area contributed by atoms with Gasteiger partial charge < -0.3 is 18.9 Å². The number of phosphoric acid groups is 1. The van der Waals surface area contributed by atoms with E-state index in [0.29, 0.717) is 23.9 Å². The highest BCUT2D eigenvalue weighted by Gasteiger charge is 2.27. The number of carbonyl (C=O) groups is 2. The average molecular weight is 721 g/mol. The number of carbonyl (C=O) groups excluding carboxylic acids is 2. The van der Waals surface area contributed by atoms with E-state index in [1.54, 1.807) is 0 Å². The number of nitrogens with zero attached hydrogens (tertiary/aromatic N) is 1. The topological polar surface area (TPSA) is 108 Å². The van der Waals surface area contributed by atoms with E-state index in [9.17, 15) is 19.0 Å². The van der Waals surface area contributed by atoms with Gasteiger partial charge >= 0.3 is 19.8 Å². The fourth-order valence-corrected chi connectivity index (χ4v) is 4.94. The molecular formula is C40H67NO8P+. The first-order chi connectivity index (χ1) is 24.0. The van der Waals surface area contributed by atoms with Gasteiger partial charge in [0.15, 0.2) is 6.10 Å². The largest absolute Gasteiger partial charge is 0.472 e. The van der Waals surface area contributed by atoms with Gasteiger partial charge in [0.2, 0.25) is 0 Å². The summed E-state index contributed by atoms with van der Waals surface area (Å²) in [7, 11) is 1.42. The normalized spacial score (nSPS) is 14.8. The van der Waals surface area contributed by atoms with Crippen molar-refractivity contribution < 1.29 is 42.1 Å². The zero-order valence-corrected chi connectivity index (χ0v) is 32.5. The van der Waals surface area contributed by atoms with E-state index in [2.05, 4.69) is 44.2 Å². The van der Waals surface area contributed by atoms with Crippen molar-refractivity contribution in [1.29, 1.82) is 0 Å². The predicted octanol–water partition coefficient (Wildman–Crippen LogP) is 9.68. The molecular weight excluding hydrogens is 653 g/mol. The Labute approximate surface area is 303 Å². The number of quaternary nitrogens is 1. The Kier molecular flexibility index (Phi) is 30.3. The lowest BCUT2D eigenvalue weighted by Gasteiger charge is -2.24. The SMILES string of the molecule is CC/C=C/C=C/C=C/C=C/CCCCCC(=O)OCC(COP(=O)(O)OCC[N+](C)(C)C)OC(=O)CCCCCCC/C=C/C=C/C=C/CC. The third kappa shape index (κ3) is 35.0. The van der Waals surface area contributed by atoms with Crippen molar-refractivity contribution in [1.82, 2.24) is 0 Å². The Balaban J connectivity index is 4.59. The summed E-state index contributed by atoms with van der Waals surface area (Å²) in [5.41, 5.74) is 0. The average Bonchev–Trinajstić information content (AvgIpc) is 3.06. The highest BCUT2D eigenvalue weighted by molar-refractivity contribution is 7.47. The van der Waals surface area contributed by atoms with Crippen LogP contribution in [-0.2, 0) is 32.7 Å². The van der Waals surface area contributed by atoms with Crippen molar-refractivity contribution in [2.75, 3.05) is 47.5 Å². The fraction of sp³-hybridized carbons (Fsp3) is 0.600. The van der Waals surface area contributed by atoms with E-state index in [-0.39, 0.29) is 26.1 Å². The molecule has 0 saturated heterocycles. The van der Waals surface area contributed by atoms with Gasteiger partial charge in [0.25, 0.3) is 0 Å². The van der Waals surface area contributed by atoms with Crippen LogP contribution < -0.4 is 0 Å². The number of unbranched alkanes of at least 4 members (excludes halogenated alkanes) is 8. The third-order valence-electron chi connectivity index (χ3n) is 7.08. The first-order valence-electron chi connectivity index (χ1n) is 18.4. The van der Waals surface area contributed by atoms with Crippen LogP contribution in [0.25, 0.3) is 0 Å². The van der Waals surface area contributed by atoms with Crippen LogP contribution in [-0.4, -0.2) is 74.9 Å². The van der Waals surface area contributed by atoms with Crippen LogP contribution in [0.2, 0.25) is 0 Å². The molecule has 0 aliphatic carbocycles. The summed E-state index contributed by atoms with van der Waals surface area (Å²) in [6.07, 6.45) is 39.3. The molecule has 2 atom stereocenters. The van der Waals surface area contributed by atoms with Gasteiger partial charge in [-0.2, -0.15) is 0 Å². The Hall–Kier alpha value is -2.81. The number of rotatable bonds is 31. The number of esters is 2. The van der Waals surface area contributed by atoms with Crippen molar-refractivity contribution in [2.45, 2.75) is 110 Å². The zero-order valence-electron chi connectivity index (χ0n) is 31.6. The number of phosphoric ester groups is 1. The first kappa shape index (κ1) is 47.2. The molecule has 0 fully saturated rings. The Morgan fingerprint density at radius 2 is 1.08 bits per heavy atom. The lowest BCUT2D eigenvalue weighted by molar-refractivity contribution is -0.870. The summed E-state index contributed by atoms with van der Waals surface area (Å²) in [6, 6.07) is 0. The molecule has 9 nitrogen and oxygen atoms in total. The molecule has 0 heterocycles. The van der Waals surface area contributed by atoms with E-state index in [1.165, 1.54) is 0 Å². The lowest BCUT2D eigenvalue weighted by Crippen LogP contribution is -2.37. The first-order valence-corrected chi connectivity index (χ1v) is 19.9. The molecule has 0 radical (unpaired) electrons. The number of hydrogen-bond acceptors (Lipinski definition) is 7. The van der Waals surface area contributed by atoms with Crippen molar-refractivity contribution in [3.05, 3.63) is 85.1 Å². The smallest absolute Gasteiger partial charge is 0.462 e. The maximum absolute atomic E-state index is 12.6. The molecule has 0 aromatic rings. The van der Waals surface area contributed by atoms with Crippen molar-refractivity contribution in [2.24, 2.45) is 0 Å². The van der Waals surface area contributed by atoms with E-state index in [0.717, 1.165) is 64.2 Å². The molecule has 2 unspecified atom stereocenters. The highest BCUT2D eigenvalue weighted by Crippen LogP contribution is 2.43. The molecule has 0 aromatic heterocycles. The van der Waals surface area contributed by atoms with Crippen LogP contribution in [0.1, 0.15) is 104 Å². The quantitative estimate of drug-likeness (QED) is 0.0248. The lowest BCUT2D eigenvalue weighted by atomic mass is 10.1. The Morgan fingerprint density at radius 1 is 0.620 bits per heavy atom. The second kappa shape index (κ2) is 32.1. The molecule has 0 bridgehead atoms. The molecule has 0 aromatic carbocycles. The van der Waals surface area contributed by atoms with Crippen molar-refractivity contribution in [3.8, 4) is 0 Å². The van der Waals surface area contributed by atoms with Gasteiger partial charge in [-0.15, -0.1) is 0 Å². The van der Waals surface area contributed by atoms with Crippen molar-refractivity contribution in [3.63, 3.8) is 0 Å². The monoisotopic (exact) mass is 720 g/mol. The summed E-state index contributed by atoms with van der Waals surface area (Å²) in [4.78, 5) is 35.1. The Bertz CT molecular complexity index is 1130. The molecule has 284 valence electrons. The maximum atomic E-state index is 12.6. The van der Waals surface area contributed by atoms with Crippen LogP contribution in [0.4, 0.5) is 0 Å². The number of hydrogen-bond donors (Lipinski definition) is 1. The number of allylic oxidation sites excluding steroid dienone is 14. The summed E-state index contributed by atoms with van der Waals surface area (Å²) in [5, 5.41) is 0. The summed E-state index contributed by atoms with van der Waals surface area (Å²) < 4.78 is 34.0. The van der Waals surface area contributed by atoms with E-state index in [4.69, 9.17) is 18.5 Å². The van der Waals surface area contributed by atoms with E-state index >= 15 is 0 Å². The molecule has 0 rings (SSSR count). The summed E-state index contributed by atoms with van der Waals surface area (Å²) >= 11 is 0. The van der Waals surface area contributed by atoms with Gasteiger partial charge in [-0.05, 0) is 51.4 Å². The maximum Gasteiger partial charge on any atom is 0.472 e. The van der Waals surface area contributed by atoms with Gasteiger partial charge in [-0.25, -0.2) is 4.57 Å². The molecule has 0 spiro atoms. The summed E-state index contributed by atoms with van der Waals surface area (Å²) in [6.45, 7) is 4.02. The highest BCUT2D eigenvalue weighted by atomic mass is 31.2. The fourth-order valence-electron chi connectivity index (χ4n) is 4.20. The molecule has 1 N–H and O–H groups in total. The van der Waals surface area contributed by atoms with Gasteiger partial charge in [-0.3, -0.25) is 18.6 Å². The number of ether oxygens (including phenoxy) is 2. The van der Waals surface area contributed by atoms with Crippen LogP contribution in [0.3, 0.4) is 0 Å². The van der Waals surface area contributed by atoms with Crippen LogP contribution >= 0.6 is 7.82 Å². The molecule has 0 amide bonds. The molecule has 0 saturated carbocycles. The number of likely N-dealkylation sites (N-methyl/N-ethyl adjacent to an activating group) is 1. The second-order valence-corrected chi connectivity index (χ2v) is 14.4.